The first-order valence-corrected chi connectivity index (χ1v) is 7.13. The Labute approximate surface area is 116 Å². The predicted octanol–water partition coefficient (Wildman–Crippen LogP) is 2.24. The minimum atomic E-state index is 0.108. The van der Waals surface area contributed by atoms with Gasteiger partial charge >= 0.3 is 0 Å². The average molecular weight is 262 g/mol. The zero-order valence-corrected chi connectivity index (χ0v) is 12.5. The van der Waals surface area contributed by atoms with Gasteiger partial charge in [0, 0.05) is 23.8 Å². The third-order valence-corrected chi connectivity index (χ3v) is 4.17. The van der Waals surface area contributed by atoms with Crippen molar-refractivity contribution < 1.29 is 5.11 Å². The molecule has 1 aromatic carbocycles. The second kappa shape index (κ2) is 5.51. The number of anilines is 1. The summed E-state index contributed by atoms with van der Waals surface area (Å²) in [5.74, 6) is 0. The van der Waals surface area contributed by atoms with Gasteiger partial charge in [-0.2, -0.15) is 0 Å². The van der Waals surface area contributed by atoms with Gasteiger partial charge in [0.15, 0.2) is 0 Å². The molecule has 1 saturated heterocycles. The Bertz CT molecular complexity index is 442. The maximum absolute atomic E-state index is 9.48. The van der Waals surface area contributed by atoms with E-state index in [4.69, 9.17) is 0 Å². The summed E-state index contributed by atoms with van der Waals surface area (Å²) in [7, 11) is 0. The molecule has 3 nitrogen and oxygen atoms in total. The number of aliphatic hydroxyl groups excluding tert-OH is 1. The Morgan fingerprint density at radius 1 is 1.37 bits per heavy atom. The van der Waals surface area contributed by atoms with E-state index in [2.05, 4.69) is 56.1 Å². The number of rotatable bonds is 2. The van der Waals surface area contributed by atoms with E-state index in [1.165, 1.54) is 16.8 Å². The van der Waals surface area contributed by atoms with Gasteiger partial charge in [-0.15, -0.1) is 0 Å². The van der Waals surface area contributed by atoms with E-state index in [1.54, 1.807) is 0 Å². The molecule has 0 saturated carbocycles. The van der Waals surface area contributed by atoms with Crippen LogP contribution in [-0.4, -0.2) is 36.4 Å². The van der Waals surface area contributed by atoms with Crippen molar-refractivity contribution in [3.8, 4) is 0 Å². The van der Waals surface area contributed by atoms with Crippen molar-refractivity contribution >= 4 is 5.69 Å². The summed E-state index contributed by atoms with van der Waals surface area (Å²) in [6.45, 7) is 10.9. The van der Waals surface area contributed by atoms with Gasteiger partial charge in [-0.05, 0) is 52.3 Å². The molecule has 0 spiro atoms. The zero-order valence-electron chi connectivity index (χ0n) is 12.5. The summed E-state index contributed by atoms with van der Waals surface area (Å²) in [6, 6.07) is 6.77. The molecule has 3 heteroatoms. The van der Waals surface area contributed by atoms with Crippen molar-refractivity contribution in [1.29, 1.82) is 0 Å². The van der Waals surface area contributed by atoms with Crippen LogP contribution in [0.2, 0.25) is 0 Å². The number of hydrogen-bond donors (Lipinski definition) is 2. The highest BCUT2D eigenvalue weighted by Gasteiger charge is 2.32. The summed E-state index contributed by atoms with van der Waals surface area (Å²) in [6.07, 6.45) is 1.08. The third-order valence-electron chi connectivity index (χ3n) is 4.17. The molecule has 106 valence electrons. The SMILES string of the molecule is Cc1ccc(N2CC(CO)NCCC2(C)C)c(C)c1. The van der Waals surface area contributed by atoms with Crippen LogP contribution in [0.25, 0.3) is 0 Å². The molecule has 0 bridgehead atoms. The minimum Gasteiger partial charge on any atom is -0.395 e. The molecule has 1 fully saturated rings. The van der Waals surface area contributed by atoms with E-state index in [9.17, 15) is 5.11 Å². The predicted molar refractivity (Wildman–Crippen MR) is 80.8 cm³/mol. The maximum Gasteiger partial charge on any atom is 0.0601 e. The monoisotopic (exact) mass is 262 g/mol. The van der Waals surface area contributed by atoms with Crippen LogP contribution in [-0.2, 0) is 0 Å². The van der Waals surface area contributed by atoms with Gasteiger partial charge in [-0.25, -0.2) is 0 Å². The number of hydrogen-bond acceptors (Lipinski definition) is 3. The van der Waals surface area contributed by atoms with E-state index < -0.39 is 0 Å². The van der Waals surface area contributed by atoms with Gasteiger partial charge in [0.2, 0.25) is 0 Å². The highest BCUT2D eigenvalue weighted by Crippen LogP contribution is 2.31. The van der Waals surface area contributed by atoms with Crippen LogP contribution in [0.3, 0.4) is 0 Å². The minimum absolute atomic E-state index is 0.108. The Kier molecular flexibility index (Phi) is 4.16. The van der Waals surface area contributed by atoms with Crippen molar-refractivity contribution in [1.82, 2.24) is 5.32 Å². The molecular formula is C16H26N2O. The van der Waals surface area contributed by atoms with Crippen molar-refractivity contribution in [2.45, 2.75) is 45.7 Å². The Balaban J connectivity index is 2.36. The van der Waals surface area contributed by atoms with Crippen molar-refractivity contribution in [2.75, 3.05) is 24.6 Å². The van der Waals surface area contributed by atoms with Crippen LogP contribution < -0.4 is 10.2 Å². The first-order valence-electron chi connectivity index (χ1n) is 7.13. The van der Waals surface area contributed by atoms with Gasteiger partial charge < -0.3 is 15.3 Å². The van der Waals surface area contributed by atoms with Crippen molar-refractivity contribution in [2.24, 2.45) is 0 Å². The van der Waals surface area contributed by atoms with Gasteiger partial charge in [-0.1, -0.05) is 17.7 Å². The molecule has 0 aromatic heterocycles. The van der Waals surface area contributed by atoms with Crippen LogP contribution in [0.5, 0.6) is 0 Å². The van der Waals surface area contributed by atoms with Crippen LogP contribution in [0.1, 0.15) is 31.4 Å². The lowest BCUT2D eigenvalue weighted by atomic mass is 9.96. The first kappa shape index (κ1) is 14.4. The lowest BCUT2D eigenvalue weighted by Crippen LogP contribution is -2.48. The van der Waals surface area contributed by atoms with Gasteiger partial charge in [0.25, 0.3) is 0 Å². The van der Waals surface area contributed by atoms with Gasteiger partial charge in [0.1, 0.15) is 0 Å². The summed E-state index contributed by atoms with van der Waals surface area (Å²) in [5.41, 5.74) is 4.01. The van der Waals surface area contributed by atoms with E-state index in [0.29, 0.717) is 0 Å². The fourth-order valence-corrected chi connectivity index (χ4v) is 2.90. The van der Waals surface area contributed by atoms with E-state index >= 15 is 0 Å². The quantitative estimate of drug-likeness (QED) is 0.858. The Morgan fingerprint density at radius 2 is 2.11 bits per heavy atom. The van der Waals surface area contributed by atoms with Crippen LogP contribution in [0.4, 0.5) is 5.69 Å². The molecule has 2 rings (SSSR count). The third kappa shape index (κ3) is 3.10. The highest BCUT2D eigenvalue weighted by molar-refractivity contribution is 5.56. The summed E-state index contributed by atoms with van der Waals surface area (Å²) in [5, 5.41) is 12.9. The number of nitrogens with one attached hydrogen (secondary N) is 1. The normalized spacial score (nSPS) is 23.2. The molecule has 1 aliphatic rings. The number of aryl methyl sites for hydroxylation is 2. The van der Waals surface area contributed by atoms with E-state index in [-0.39, 0.29) is 18.2 Å². The topological polar surface area (TPSA) is 35.5 Å². The summed E-state index contributed by atoms with van der Waals surface area (Å²) in [4.78, 5) is 2.45. The Morgan fingerprint density at radius 3 is 2.74 bits per heavy atom. The molecule has 1 aliphatic heterocycles. The number of benzene rings is 1. The molecular weight excluding hydrogens is 236 g/mol. The molecule has 0 amide bonds. The van der Waals surface area contributed by atoms with Crippen LogP contribution in [0, 0.1) is 13.8 Å². The number of aliphatic hydroxyl groups is 1. The lowest BCUT2D eigenvalue weighted by Gasteiger charge is -2.40. The second-order valence-corrected chi connectivity index (χ2v) is 6.30. The molecule has 2 N–H and O–H groups in total. The molecule has 1 aromatic rings. The number of nitrogens with zero attached hydrogens (tertiary/aromatic N) is 1. The van der Waals surface area contributed by atoms with Crippen molar-refractivity contribution in [3.05, 3.63) is 29.3 Å². The molecule has 0 aliphatic carbocycles. The molecule has 0 radical (unpaired) electrons. The maximum atomic E-state index is 9.48. The van der Waals surface area contributed by atoms with Crippen molar-refractivity contribution in [3.63, 3.8) is 0 Å². The van der Waals surface area contributed by atoms with Crippen LogP contribution >= 0.6 is 0 Å². The summed E-state index contributed by atoms with van der Waals surface area (Å²) >= 11 is 0. The standard InChI is InChI=1S/C16H26N2O/c1-12-5-6-15(13(2)9-12)18-10-14(11-19)17-8-7-16(18,3)4/h5-6,9,14,17,19H,7-8,10-11H2,1-4H3. The molecule has 1 unspecified atom stereocenters. The second-order valence-electron chi connectivity index (χ2n) is 6.30. The van der Waals surface area contributed by atoms with Gasteiger partial charge in [0.05, 0.1) is 6.61 Å². The fraction of sp³-hybridized carbons (Fsp3) is 0.625. The van der Waals surface area contributed by atoms with E-state index in [0.717, 1.165) is 19.5 Å². The molecule has 19 heavy (non-hydrogen) atoms. The lowest BCUT2D eigenvalue weighted by molar-refractivity contribution is 0.248. The average Bonchev–Trinajstić information content (AvgIpc) is 2.48. The zero-order chi connectivity index (χ0) is 14.0. The summed E-state index contributed by atoms with van der Waals surface area (Å²) < 4.78 is 0. The van der Waals surface area contributed by atoms with E-state index in [1.807, 2.05) is 0 Å². The first-order chi connectivity index (χ1) is 8.94. The van der Waals surface area contributed by atoms with Gasteiger partial charge in [-0.3, -0.25) is 0 Å². The molecule has 1 atom stereocenters. The molecule has 1 heterocycles. The largest absolute Gasteiger partial charge is 0.395 e. The smallest absolute Gasteiger partial charge is 0.0601 e. The Hall–Kier alpha value is -1.06. The highest BCUT2D eigenvalue weighted by atomic mass is 16.3. The fourth-order valence-electron chi connectivity index (χ4n) is 2.90. The van der Waals surface area contributed by atoms with Crippen LogP contribution in [0.15, 0.2) is 18.2 Å².